The predicted molar refractivity (Wildman–Crippen MR) is 89.6 cm³/mol. The van der Waals surface area contributed by atoms with E-state index in [0.717, 1.165) is 38.0 Å². The molecule has 3 heterocycles. The third-order valence-corrected chi connectivity index (χ3v) is 5.27. The van der Waals surface area contributed by atoms with Crippen molar-refractivity contribution in [2.75, 3.05) is 13.2 Å². The highest BCUT2D eigenvalue weighted by Gasteiger charge is 2.47. The van der Waals surface area contributed by atoms with Crippen LogP contribution in [0.2, 0.25) is 0 Å². The summed E-state index contributed by atoms with van der Waals surface area (Å²) in [4.78, 5) is 18.9. The van der Waals surface area contributed by atoms with Crippen LogP contribution in [0.15, 0.2) is 36.7 Å². The van der Waals surface area contributed by atoms with Crippen molar-refractivity contribution in [3.05, 3.63) is 36.7 Å². The van der Waals surface area contributed by atoms with Gasteiger partial charge in [-0.25, -0.2) is 0 Å². The largest absolute Gasteiger partial charge is 0.484 e. The quantitative estimate of drug-likeness (QED) is 0.797. The molecule has 2 saturated heterocycles. The highest BCUT2D eigenvalue weighted by molar-refractivity contribution is 5.77. The molecule has 1 aliphatic carbocycles. The second kappa shape index (κ2) is 6.93. The normalized spacial score (nSPS) is 31.9. The number of pyridine rings is 1. The molecule has 0 aromatic carbocycles. The maximum atomic E-state index is 12.8. The Morgan fingerprint density at radius 1 is 1.42 bits per heavy atom. The van der Waals surface area contributed by atoms with Gasteiger partial charge in [-0.2, -0.15) is 0 Å². The van der Waals surface area contributed by atoms with Crippen LogP contribution in [0.1, 0.15) is 32.1 Å². The van der Waals surface area contributed by atoms with E-state index in [1.165, 1.54) is 0 Å². The van der Waals surface area contributed by atoms with E-state index in [1.807, 2.05) is 17.0 Å². The molecule has 1 aromatic rings. The number of ether oxygens (including phenoxy) is 2. The van der Waals surface area contributed by atoms with Crippen LogP contribution in [0.4, 0.5) is 0 Å². The second-order valence-corrected chi connectivity index (χ2v) is 6.91. The van der Waals surface area contributed by atoms with E-state index in [2.05, 4.69) is 17.1 Å². The highest BCUT2D eigenvalue weighted by Crippen LogP contribution is 2.33. The fourth-order valence-electron chi connectivity index (χ4n) is 4.10. The van der Waals surface area contributed by atoms with Crippen molar-refractivity contribution < 1.29 is 14.3 Å². The summed E-state index contributed by atoms with van der Waals surface area (Å²) in [6, 6.07) is 3.91. The van der Waals surface area contributed by atoms with Gasteiger partial charge >= 0.3 is 0 Å². The molecule has 24 heavy (non-hydrogen) atoms. The lowest BCUT2D eigenvalue weighted by atomic mass is 10.0. The number of amides is 1. The third-order valence-electron chi connectivity index (χ3n) is 5.27. The fraction of sp³-hybridized carbons (Fsp3) is 0.579. The molecule has 0 radical (unpaired) electrons. The Morgan fingerprint density at radius 2 is 2.38 bits per heavy atom. The first-order valence-corrected chi connectivity index (χ1v) is 8.95. The van der Waals surface area contributed by atoms with Crippen molar-refractivity contribution >= 4 is 5.91 Å². The molecule has 5 heteroatoms. The second-order valence-electron chi connectivity index (χ2n) is 6.91. The molecule has 128 valence electrons. The van der Waals surface area contributed by atoms with Crippen molar-refractivity contribution in [2.24, 2.45) is 5.92 Å². The summed E-state index contributed by atoms with van der Waals surface area (Å²) in [5, 5.41) is 0. The summed E-state index contributed by atoms with van der Waals surface area (Å²) in [6.45, 7) is 1.36. The molecule has 3 aliphatic rings. The SMILES string of the molecule is O=C(C[C@H]1C=CCC1)N1C[C@@H](Oc2cccnc2)[C@H]2OCCC[C@H]21. The molecular formula is C19H24N2O3. The van der Waals surface area contributed by atoms with E-state index < -0.39 is 0 Å². The summed E-state index contributed by atoms with van der Waals surface area (Å²) in [5.41, 5.74) is 0. The van der Waals surface area contributed by atoms with Crippen molar-refractivity contribution in [1.29, 1.82) is 0 Å². The van der Waals surface area contributed by atoms with E-state index >= 15 is 0 Å². The van der Waals surface area contributed by atoms with Gasteiger partial charge < -0.3 is 14.4 Å². The molecule has 1 aromatic heterocycles. The lowest BCUT2D eigenvalue weighted by Crippen LogP contribution is -2.44. The zero-order valence-electron chi connectivity index (χ0n) is 13.8. The standard InChI is InChI=1S/C19H24N2O3/c22-18(11-14-5-1-2-6-14)21-13-17(19-16(21)8-4-10-23-19)24-15-7-3-9-20-12-15/h1,3,5,7,9,12,14,16-17,19H,2,4,6,8,10-11,13H2/t14-,16+,17+,19-/m0/s1. The van der Waals surface area contributed by atoms with Gasteiger partial charge in [-0.05, 0) is 43.7 Å². The summed E-state index contributed by atoms with van der Waals surface area (Å²) in [5.74, 6) is 1.38. The Bertz CT molecular complexity index is 604. The topological polar surface area (TPSA) is 51.7 Å². The summed E-state index contributed by atoms with van der Waals surface area (Å²) >= 11 is 0. The van der Waals surface area contributed by atoms with Crippen LogP contribution >= 0.6 is 0 Å². The first-order chi connectivity index (χ1) is 11.8. The van der Waals surface area contributed by atoms with Crippen molar-refractivity contribution in [3.8, 4) is 5.75 Å². The van der Waals surface area contributed by atoms with Crippen LogP contribution in [-0.4, -0.2) is 47.2 Å². The van der Waals surface area contributed by atoms with E-state index in [4.69, 9.17) is 9.47 Å². The van der Waals surface area contributed by atoms with Crippen LogP contribution < -0.4 is 4.74 Å². The first-order valence-electron chi connectivity index (χ1n) is 8.95. The lowest BCUT2D eigenvalue weighted by Gasteiger charge is -2.32. The van der Waals surface area contributed by atoms with Crippen LogP contribution in [0.25, 0.3) is 0 Å². The van der Waals surface area contributed by atoms with Crippen molar-refractivity contribution in [2.45, 2.75) is 50.4 Å². The Kier molecular flexibility index (Phi) is 4.52. The molecule has 4 rings (SSSR count). The van der Waals surface area contributed by atoms with Crippen molar-refractivity contribution in [3.63, 3.8) is 0 Å². The van der Waals surface area contributed by atoms with Gasteiger partial charge in [0, 0.05) is 19.2 Å². The number of likely N-dealkylation sites (tertiary alicyclic amines) is 1. The molecule has 5 nitrogen and oxygen atoms in total. The Hall–Kier alpha value is -1.88. The maximum Gasteiger partial charge on any atom is 0.223 e. The van der Waals surface area contributed by atoms with Gasteiger partial charge in [0.2, 0.25) is 5.91 Å². The number of allylic oxidation sites excluding steroid dienone is 2. The average Bonchev–Trinajstić information content (AvgIpc) is 3.24. The molecule has 0 unspecified atom stereocenters. The minimum Gasteiger partial charge on any atom is -0.484 e. The van der Waals surface area contributed by atoms with E-state index in [1.54, 1.807) is 12.4 Å². The van der Waals surface area contributed by atoms with Gasteiger partial charge in [-0.1, -0.05) is 12.2 Å². The maximum absolute atomic E-state index is 12.8. The van der Waals surface area contributed by atoms with Gasteiger partial charge in [-0.3, -0.25) is 9.78 Å². The van der Waals surface area contributed by atoms with Crippen LogP contribution in [0.5, 0.6) is 5.75 Å². The minimum atomic E-state index is -0.109. The molecule has 0 N–H and O–H groups in total. The summed E-state index contributed by atoms with van der Waals surface area (Å²) in [6.07, 6.45) is 12.5. The van der Waals surface area contributed by atoms with Gasteiger partial charge in [0.25, 0.3) is 0 Å². The minimum absolute atomic E-state index is 0.0259. The molecule has 0 saturated carbocycles. The summed E-state index contributed by atoms with van der Waals surface area (Å²) in [7, 11) is 0. The summed E-state index contributed by atoms with van der Waals surface area (Å²) < 4.78 is 12.1. The van der Waals surface area contributed by atoms with Gasteiger partial charge in [0.05, 0.1) is 18.8 Å². The number of hydrogen-bond acceptors (Lipinski definition) is 4. The highest BCUT2D eigenvalue weighted by atomic mass is 16.5. The molecule has 0 bridgehead atoms. The Morgan fingerprint density at radius 3 is 3.17 bits per heavy atom. The Balaban J connectivity index is 1.46. The van der Waals surface area contributed by atoms with Crippen molar-refractivity contribution in [1.82, 2.24) is 9.88 Å². The predicted octanol–water partition coefficient (Wildman–Crippen LogP) is 2.58. The van der Waals surface area contributed by atoms with E-state index in [9.17, 15) is 4.79 Å². The van der Waals surface area contributed by atoms with Crippen LogP contribution in [0, 0.1) is 5.92 Å². The zero-order valence-corrected chi connectivity index (χ0v) is 13.8. The third kappa shape index (κ3) is 3.18. The lowest BCUT2D eigenvalue weighted by molar-refractivity contribution is -0.135. The molecule has 2 fully saturated rings. The molecule has 2 aliphatic heterocycles. The molecule has 1 amide bonds. The molecule has 4 atom stereocenters. The average molecular weight is 328 g/mol. The number of aromatic nitrogens is 1. The van der Waals surface area contributed by atoms with Gasteiger partial charge in [0.1, 0.15) is 18.0 Å². The fourth-order valence-corrected chi connectivity index (χ4v) is 4.10. The van der Waals surface area contributed by atoms with Gasteiger partial charge in [-0.15, -0.1) is 0 Å². The number of nitrogens with zero attached hydrogens (tertiary/aromatic N) is 2. The smallest absolute Gasteiger partial charge is 0.223 e. The number of carbonyl (C=O) groups excluding carboxylic acids is 1. The molecular weight excluding hydrogens is 304 g/mol. The van der Waals surface area contributed by atoms with E-state index in [-0.39, 0.29) is 24.2 Å². The van der Waals surface area contributed by atoms with Crippen LogP contribution in [0.3, 0.4) is 0 Å². The monoisotopic (exact) mass is 328 g/mol. The van der Waals surface area contributed by atoms with E-state index in [0.29, 0.717) is 18.9 Å². The molecule has 0 spiro atoms. The van der Waals surface area contributed by atoms with Gasteiger partial charge in [0.15, 0.2) is 0 Å². The Labute approximate surface area is 142 Å². The van der Waals surface area contributed by atoms with Crippen LogP contribution in [-0.2, 0) is 9.53 Å². The first kappa shape index (κ1) is 15.6. The number of rotatable bonds is 4. The number of carbonyl (C=O) groups is 1. The number of fused-ring (bicyclic) bond motifs is 1. The number of hydrogen-bond donors (Lipinski definition) is 0. The zero-order chi connectivity index (χ0) is 16.4.